The molecule has 3 aromatic rings. The SMILES string of the molecule is CCOc1ccc(OCC(=O)Nc2sc(SCC)nc2-c2ccccc2)cc1. The molecule has 1 aromatic heterocycles. The van der Waals surface area contributed by atoms with Gasteiger partial charge in [0.15, 0.2) is 10.9 Å². The lowest BCUT2D eigenvalue weighted by molar-refractivity contribution is -0.118. The van der Waals surface area contributed by atoms with Crippen LogP contribution in [0.4, 0.5) is 5.00 Å². The van der Waals surface area contributed by atoms with E-state index in [2.05, 4.69) is 17.2 Å². The zero-order valence-electron chi connectivity index (χ0n) is 15.8. The number of hydrogen-bond donors (Lipinski definition) is 1. The molecule has 0 aliphatic rings. The Morgan fingerprint density at radius 2 is 1.71 bits per heavy atom. The van der Waals surface area contributed by atoms with Crippen LogP contribution in [0.5, 0.6) is 11.5 Å². The van der Waals surface area contributed by atoms with Crippen LogP contribution < -0.4 is 14.8 Å². The molecule has 1 heterocycles. The zero-order chi connectivity index (χ0) is 19.8. The summed E-state index contributed by atoms with van der Waals surface area (Å²) >= 11 is 3.14. The second-order valence-corrected chi connectivity index (χ2v) is 8.21. The standard InChI is InChI=1S/C21H22N2O3S2/c1-3-25-16-10-12-17(13-11-16)26-14-18(24)22-20-19(15-8-6-5-7-9-15)23-21(28-20)27-4-2/h5-13H,3-4,14H2,1-2H3,(H,22,24). The molecule has 0 saturated carbocycles. The van der Waals surface area contributed by atoms with Gasteiger partial charge in [-0.25, -0.2) is 4.98 Å². The number of ether oxygens (including phenoxy) is 2. The van der Waals surface area contributed by atoms with Gasteiger partial charge in [-0.15, -0.1) is 0 Å². The van der Waals surface area contributed by atoms with Crippen molar-refractivity contribution in [3.05, 3.63) is 54.6 Å². The van der Waals surface area contributed by atoms with Crippen LogP contribution in [-0.4, -0.2) is 29.9 Å². The van der Waals surface area contributed by atoms with Gasteiger partial charge in [0.1, 0.15) is 22.2 Å². The smallest absolute Gasteiger partial charge is 0.262 e. The summed E-state index contributed by atoms with van der Waals surface area (Å²) in [6.07, 6.45) is 0. The van der Waals surface area contributed by atoms with Gasteiger partial charge in [-0.05, 0) is 36.9 Å². The summed E-state index contributed by atoms with van der Waals surface area (Å²) in [4.78, 5) is 17.1. The summed E-state index contributed by atoms with van der Waals surface area (Å²) in [6, 6.07) is 17.1. The number of carbonyl (C=O) groups is 1. The second kappa shape index (κ2) is 10.1. The molecule has 2 aromatic carbocycles. The van der Waals surface area contributed by atoms with Crippen LogP contribution in [0.1, 0.15) is 13.8 Å². The molecular formula is C21H22N2O3S2. The molecule has 5 nitrogen and oxygen atoms in total. The van der Waals surface area contributed by atoms with Crippen LogP contribution in [-0.2, 0) is 4.79 Å². The van der Waals surface area contributed by atoms with E-state index >= 15 is 0 Å². The largest absolute Gasteiger partial charge is 0.494 e. The Morgan fingerprint density at radius 3 is 2.36 bits per heavy atom. The number of aromatic nitrogens is 1. The first-order valence-electron chi connectivity index (χ1n) is 9.04. The van der Waals surface area contributed by atoms with Crippen molar-refractivity contribution in [2.45, 2.75) is 18.2 Å². The first kappa shape index (κ1) is 20.2. The first-order valence-corrected chi connectivity index (χ1v) is 10.8. The van der Waals surface area contributed by atoms with Gasteiger partial charge in [-0.3, -0.25) is 4.79 Å². The third-order valence-corrected chi connectivity index (χ3v) is 5.68. The highest BCUT2D eigenvalue weighted by atomic mass is 32.2. The van der Waals surface area contributed by atoms with Gasteiger partial charge in [0.05, 0.1) is 6.61 Å². The van der Waals surface area contributed by atoms with Gasteiger partial charge in [0, 0.05) is 5.56 Å². The molecule has 0 radical (unpaired) electrons. The van der Waals surface area contributed by atoms with Gasteiger partial charge in [-0.2, -0.15) is 0 Å². The molecule has 0 atom stereocenters. The predicted octanol–water partition coefficient (Wildman–Crippen LogP) is 5.34. The van der Waals surface area contributed by atoms with Crippen LogP contribution in [0.15, 0.2) is 58.9 Å². The van der Waals surface area contributed by atoms with E-state index in [1.165, 1.54) is 11.3 Å². The van der Waals surface area contributed by atoms with E-state index in [1.54, 1.807) is 23.9 Å². The summed E-state index contributed by atoms with van der Waals surface area (Å²) in [5.41, 5.74) is 1.76. The van der Waals surface area contributed by atoms with Crippen LogP contribution >= 0.6 is 23.1 Å². The number of nitrogens with one attached hydrogen (secondary N) is 1. The Labute approximate surface area is 173 Å². The summed E-state index contributed by atoms with van der Waals surface area (Å²) in [6.45, 7) is 4.55. The molecule has 7 heteroatoms. The van der Waals surface area contributed by atoms with Crippen LogP contribution in [0.2, 0.25) is 0 Å². The molecule has 1 N–H and O–H groups in total. The van der Waals surface area contributed by atoms with Crippen molar-refractivity contribution in [3.8, 4) is 22.8 Å². The van der Waals surface area contributed by atoms with Gasteiger partial charge >= 0.3 is 0 Å². The van der Waals surface area contributed by atoms with Crippen LogP contribution in [0, 0.1) is 0 Å². The number of anilines is 1. The molecule has 3 rings (SSSR count). The molecule has 0 fully saturated rings. The topological polar surface area (TPSA) is 60.5 Å². The minimum atomic E-state index is -0.220. The highest BCUT2D eigenvalue weighted by molar-refractivity contribution is 8.01. The Hall–Kier alpha value is -2.51. The fourth-order valence-corrected chi connectivity index (χ4v) is 4.45. The van der Waals surface area contributed by atoms with Crippen molar-refractivity contribution in [1.82, 2.24) is 4.98 Å². The average molecular weight is 415 g/mol. The minimum absolute atomic E-state index is 0.0731. The van der Waals surface area contributed by atoms with Crippen molar-refractivity contribution in [1.29, 1.82) is 0 Å². The third kappa shape index (κ3) is 5.50. The van der Waals surface area contributed by atoms with Crippen molar-refractivity contribution in [3.63, 3.8) is 0 Å². The zero-order valence-corrected chi connectivity index (χ0v) is 17.4. The number of thioether (sulfide) groups is 1. The van der Waals surface area contributed by atoms with E-state index in [0.29, 0.717) is 12.4 Å². The fraction of sp³-hybridized carbons (Fsp3) is 0.238. The van der Waals surface area contributed by atoms with Crippen molar-refractivity contribution in [2.75, 3.05) is 24.3 Å². The summed E-state index contributed by atoms with van der Waals surface area (Å²) in [5.74, 6) is 2.10. The first-order chi connectivity index (χ1) is 13.7. The Balaban J connectivity index is 1.66. The quantitative estimate of drug-likeness (QED) is 0.479. The van der Waals surface area contributed by atoms with Gasteiger partial charge in [-0.1, -0.05) is 60.4 Å². The molecule has 0 spiro atoms. The maximum absolute atomic E-state index is 12.4. The lowest BCUT2D eigenvalue weighted by atomic mass is 10.2. The molecule has 0 unspecified atom stereocenters. The van der Waals surface area contributed by atoms with Crippen molar-refractivity contribution >= 4 is 34.0 Å². The number of amides is 1. The number of benzene rings is 2. The van der Waals surface area contributed by atoms with E-state index < -0.39 is 0 Å². The highest BCUT2D eigenvalue weighted by Crippen LogP contribution is 2.37. The van der Waals surface area contributed by atoms with E-state index in [4.69, 9.17) is 9.47 Å². The van der Waals surface area contributed by atoms with Gasteiger partial charge in [0.2, 0.25) is 0 Å². The lowest BCUT2D eigenvalue weighted by Crippen LogP contribution is -2.19. The van der Waals surface area contributed by atoms with Gasteiger partial charge in [0.25, 0.3) is 5.91 Å². The number of nitrogens with zero attached hydrogens (tertiary/aromatic N) is 1. The normalized spacial score (nSPS) is 10.5. The van der Waals surface area contributed by atoms with Crippen molar-refractivity contribution < 1.29 is 14.3 Å². The second-order valence-electron chi connectivity index (χ2n) is 5.70. The molecule has 146 valence electrons. The van der Waals surface area contributed by atoms with Crippen LogP contribution in [0.3, 0.4) is 0 Å². The Morgan fingerprint density at radius 1 is 1.04 bits per heavy atom. The van der Waals surface area contributed by atoms with E-state index in [1.807, 2.05) is 49.4 Å². The molecule has 0 bridgehead atoms. The van der Waals surface area contributed by atoms with E-state index in [0.717, 1.165) is 32.1 Å². The molecular weight excluding hydrogens is 392 g/mol. The molecule has 28 heavy (non-hydrogen) atoms. The summed E-state index contributed by atoms with van der Waals surface area (Å²) in [7, 11) is 0. The monoisotopic (exact) mass is 414 g/mol. The maximum atomic E-state index is 12.4. The maximum Gasteiger partial charge on any atom is 0.262 e. The molecule has 1 amide bonds. The minimum Gasteiger partial charge on any atom is -0.494 e. The van der Waals surface area contributed by atoms with E-state index in [-0.39, 0.29) is 12.5 Å². The number of hydrogen-bond acceptors (Lipinski definition) is 6. The fourth-order valence-electron chi connectivity index (χ4n) is 2.47. The molecule has 0 aliphatic carbocycles. The summed E-state index contributed by atoms with van der Waals surface area (Å²) < 4.78 is 11.9. The Bertz CT molecular complexity index is 896. The third-order valence-electron chi connectivity index (χ3n) is 3.68. The molecule has 0 aliphatic heterocycles. The van der Waals surface area contributed by atoms with E-state index in [9.17, 15) is 4.79 Å². The number of rotatable bonds is 9. The summed E-state index contributed by atoms with van der Waals surface area (Å²) in [5, 5.41) is 3.68. The Kier molecular flexibility index (Phi) is 7.33. The van der Waals surface area contributed by atoms with Crippen LogP contribution in [0.25, 0.3) is 11.3 Å². The van der Waals surface area contributed by atoms with Gasteiger partial charge < -0.3 is 14.8 Å². The highest BCUT2D eigenvalue weighted by Gasteiger charge is 2.16. The average Bonchev–Trinajstić information content (AvgIpc) is 3.11. The lowest BCUT2D eigenvalue weighted by Gasteiger charge is -2.08. The number of thiazole rings is 1. The van der Waals surface area contributed by atoms with Crippen molar-refractivity contribution in [2.24, 2.45) is 0 Å². The predicted molar refractivity (Wildman–Crippen MR) is 116 cm³/mol. The molecule has 0 saturated heterocycles. The number of carbonyl (C=O) groups excluding carboxylic acids is 1.